The number of benzene rings is 1. The molecule has 0 aliphatic rings. The zero-order chi connectivity index (χ0) is 15.0. The van der Waals surface area contributed by atoms with Gasteiger partial charge in [0.1, 0.15) is 16.4 Å². The highest BCUT2D eigenvalue weighted by Gasteiger charge is 2.19. The van der Waals surface area contributed by atoms with Crippen molar-refractivity contribution in [2.75, 3.05) is 33.9 Å². The lowest BCUT2D eigenvalue weighted by atomic mass is 10.3. The van der Waals surface area contributed by atoms with Crippen LogP contribution in [0, 0.1) is 0 Å². The second-order valence-electron chi connectivity index (χ2n) is 4.16. The monoisotopic (exact) mass is 302 g/mol. The number of hydrogen-bond acceptors (Lipinski definition) is 5. The number of methoxy groups -OCH3 is 2. The first-order valence-corrected chi connectivity index (χ1v) is 7.96. The maximum absolute atomic E-state index is 12.2. The largest absolute Gasteiger partial charge is 0.497 e. The molecule has 114 valence electrons. The molecule has 0 aliphatic carbocycles. The van der Waals surface area contributed by atoms with E-state index in [-0.39, 0.29) is 10.6 Å². The van der Waals surface area contributed by atoms with Crippen LogP contribution in [-0.4, -0.2) is 42.3 Å². The molecule has 0 spiro atoms. The molecule has 0 saturated carbocycles. The highest BCUT2D eigenvalue weighted by molar-refractivity contribution is 7.89. The third-order valence-corrected chi connectivity index (χ3v) is 4.18. The summed E-state index contributed by atoms with van der Waals surface area (Å²) in [5.41, 5.74) is 0. The highest BCUT2D eigenvalue weighted by Crippen LogP contribution is 2.27. The van der Waals surface area contributed by atoms with E-state index in [1.165, 1.54) is 20.3 Å². The van der Waals surface area contributed by atoms with E-state index in [4.69, 9.17) is 9.47 Å². The van der Waals surface area contributed by atoms with Gasteiger partial charge in [0.05, 0.1) is 14.2 Å². The Hall–Kier alpha value is -1.31. The molecule has 1 rings (SSSR count). The molecular formula is C13H22N2O4S. The van der Waals surface area contributed by atoms with E-state index < -0.39 is 10.0 Å². The van der Waals surface area contributed by atoms with Gasteiger partial charge in [-0.15, -0.1) is 0 Å². The molecule has 0 heterocycles. The van der Waals surface area contributed by atoms with Crippen molar-refractivity contribution in [1.29, 1.82) is 0 Å². The van der Waals surface area contributed by atoms with E-state index in [1.54, 1.807) is 12.1 Å². The third kappa shape index (κ3) is 4.66. The van der Waals surface area contributed by atoms with Crippen LogP contribution in [0.4, 0.5) is 0 Å². The lowest BCUT2D eigenvalue weighted by molar-refractivity contribution is 0.386. The molecule has 0 fully saturated rings. The summed E-state index contributed by atoms with van der Waals surface area (Å²) in [6.07, 6.45) is 1.01. The van der Waals surface area contributed by atoms with Crippen LogP contribution in [0.2, 0.25) is 0 Å². The van der Waals surface area contributed by atoms with E-state index in [0.29, 0.717) is 18.8 Å². The van der Waals surface area contributed by atoms with Crippen LogP contribution in [0.1, 0.15) is 13.3 Å². The Balaban J connectivity index is 2.76. The van der Waals surface area contributed by atoms with E-state index in [1.807, 2.05) is 0 Å². The van der Waals surface area contributed by atoms with Crippen molar-refractivity contribution in [2.24, 2.45) is 0 Å². The summed E-state index contributed by atoms with van der Waals surface area (Å²) in [6, 6.07) is 4.61. The van der Waals surface area contributed by atoms with Gasteiger partial charge in [-0.1, -0.05) is 6.92 Å². The first kappa shape index (κ1) is 16.7. The molecule has 0 amide bonds. The van der Waals surface area contributed by atoms with Gasteiger partial charge in [-0.05, 0) is 25.1 Å². The molecule has 0 aliphatic heterocycles. The molecular weight excluding hydrogens is 280 g/mol. The molecule has 0 radical (unpaired) electrons. The minimum absolute atomic E-state index is 0.108. The molecule has 0 unspecified atom stereocenters. The summed E-state index contributed by atoms with van der Waals surface area (Å²) in [5, 5.41) is 3.13. The Morgan fingerprint density at radius 1 is 1.10 bits per heavy atom. The van der Waals surface area contributed by atoms with E-state index >= 15 is 0 Å². The van der Waals surface area contributed by atoms with Crippen LogP contribution in [0.15, 0.2) is 23.1 Å². The van der Waals surface area contributed by atoms with Crippen LogP contribution >= 0.6 is 0 Å². The van der Waals surface area contributed by atoms with Gasteiger partial charge in [-0.25, -0.2) is 13.1 Å². The fourth-order valence-electron chi connectivity index (χ4n) is 1.65. The van der Waals surface area contributed by atoms with Crippen LogP contribution < -0.4 is 19.5 Å². The van der Waals surface area contributed by atoms with Gasteiger partial charge in [-0.3, -0.25) is 0 Å². The lowest BCUT2D eigenvalue weighted by Gasteiger charge is -2.12. The minimum Gasteiger partial charge on any atom is -0.497 e. The second kappa shape index (κ2) is 8.08. The quantitative estimate of drug-likeness (QED) is 0.665. The molecule has 0 atom stereocenters. The Labute approximate surface area is 120 Å². The summed E-state index contributed by atoms with van der Waals surface area (Å²) in [4.78, 5) is 0.108. The Morgan fingerprint density at radius 3 is 2.45 bits per heavy atom. The fourth-order valence-corrected chi connectivity index (χ4v) is 2.83. The SMILES string of the molecule is CCCNCCNS(=O)(=O)c1ccc(OC)cc1OC. The first-order chi connectivity index (χ1) is 9.55. The van der Waals surface area contributed by atoms with Gasteiger partial charge in [0.2, 0.25) is 10.0 Å². The van der Waals surface area contributed by atoms with Crippen LogP contribution in [0.5, 0.6) is 11.5 Å². The fraction of sp³-hybridized carbons (Fsp3) is 0.538. The molecule has 0 aromatic heterocycles. The maximum Gasteiger partial charge on any atom is 0.244 e. The van der Waals surface area contributed by atoms with E-state index in [9.17, 15) is 8.42 Å². The summed E-state index contributed by atoms with van der Waals surface area (Å²) in [5.74, 6) is 0.809. The highest BCUT2D eigenvalue weighted by atomic mass is 32.2. The number of sulfonamides is 1. The smallest absolute Gasteiger partial charge is 0.244 e. The second-order valence-corrected chi connectivity index (χ2v) is 5.90. The van der Waals surface area contributed by atoms with Gasteiger partial charge < -0.3 is 14.8 Å². The van der Waals surface area contributed by atoms with Crippen molar-refractivity contribution >= 4 is 10.0 Å². The van der Waals surface area contributed by atoms with E-state index in [2.05, 4.69) is 17.0 Å². The number of hydrogen-bond donors (Lipinski definition) is 2. The predicted molar refractivity (Wildman–Crippen MR) is 77.9 cm³/mol. The zero-order valence-corrected chi connectivity index (χ0v) is 12.9. The van der Waals surface area contributed by atoms with Crippen molar-refractivity contribution < 1.29 is 17.9 Å². The summed E-state index contributed by atoms with van der Waals surface area (Å²) >= 11 is 0. The summed E-state index contributed by atoms with van der Waals surface area (Å²) in [7, 11) is -0.644. The standard InChI is InChI=1S/C13H22N2O4S/c1-4-7-14-8-9-15-20(16,17)13-6-5-11(18-2)10-12(13)19-3/h5-6,10,14-15H,4,7-9H2,1-3H3. The van der Waals surface area contributed by atoms with E-state index in [0.717, 1.165) is 13.0 Å². The van der Waals surface area contributed by atoms with Crippen molar-refractivity contribution in [3.8, 4) is 11.5 Å². The average molecular weight is 302 g/mol. The molecule has 7 heteroatoms. The molecule has 20 heavy (non-hydrogen) atoms. The molecule has 2 N–H and O–H groups in total. The molecule has 1 aromatic carbocycles. The summed E-state index contributed by atoms with van der Waals surface area (Å²) < 4.78 is 37.1. The molecule has 0 bridgehead atoms. The van der Waals surface area contributed by atoms with Crippen LogP contribution in [0.3, 0.4) is 0 Å². The molecule has 1 aromatic rings. The lowest BCUT2D eigenvalue weighted by Crippen LogP contribution is -2.32. The number of rotatable bonds is 9. The van der Waals surface area contributed by atoms with Crippen molar-refractivity contribution in [1.82, 2.24) is 10.0 Å². The van der Waals surface area contributed by atoms with Gasteiger partial charge in [0.25, 0.3) is 0 Å². The predicted octanol–water partition coefficient (Wildman–Crippen LogP) is 0.982. The van der Waals surface area contributed by atoms with Gasteiger partial charge in [-0.2, -0.15) is 0 Å². The normalized spacial score (nSPS) is 11.3. The topological polar surface area (TPSA) is 76.7 Å². The Morgan fingerprint density at radius 2 is 1.85 bits per heavy atom. The minimum atomic E-state index is -3.59. The molecule has 6 nitrogen and oxygen atoms in total. The third-order valence-electron chi connectivity index (χ3n) is 2.68. The number of ether oxygens (including phenoxy) is 2. The zero-order valence-electron chi connectivity index (χ0n) is 12.1. The van der Waals surface area contributed by atoms with Gasteiger partial charge in [0, 0.05) is 19.2 Å². The van der Waals surface area contributed by atoms with Gasteiger partial charge in [0.15, 0.2) is 0 Å². The summed E-state index contributed by atoms with van der Waals surface area (Å²) in [6.45, 7) is 3.84. The van der Waals surface area contributed by atoms with Crippen molar-refractivity contribution in [2.45, 2.75) is 18.2 Å². The molecule has 0 saturated heterocycles. The van der Waals surface area contributed by atoms with Crippen molar-refractivity contribution in [3.05, 3.63) is 18.2 Å². The van der Waals surface area contributed by atoms with Crippen LogP contribution in [0.25, 0.3) is 0 Å². The first-order valence-electron chi connectivity index (χ1n) is 6.47. The Bertz CT molecular complexity index is 517. The number of nitrogens with one attached hydrogen (secondary N) is 2. The Kier molecular flexibility index (Phi) is 6.77. The van der Waals surface area contributed by atoms with Crippen molar-refractivity contribution in [3.63, 3.8) is 0 Å². The average Bonchev–Trinajstić information content (AvgIpc) is 2.46. The maximum atomic E-state index is 12.2. The van der Waals surface area contributed by atoms with Gasteiger partial charge >= 0.3 is 0 Å². The van der Waals surface area contributed by atoms with Crippen LogP contribution in [-0.2, 0) is 10.0 Å².